The molecule has 0 spiro atoms. The number of benzene rings is 12. The van der Waals surface area contributed by atoms with Crippen molar-refractivity contribution in [2.75, 3.05) is 9.80 Å². The zero-order valence-corrected chi connectivity index (χ0v) is 47.6. The van der Waals surface area contributed by atoms with Crippen molar-refractivity contribution in [1.82, 2.24) is 29.5 Å². The Hall–Kier alpha value is -11.8. The van der Waals surface area contributed by atoms with Crippen LogP contribution in [0.2, 0.25) is 0 Å². The van der Waals surface area contributed by atoms with Gasteiger partial charge in [-0.2, -0.15) is 0 Å². The molecule has 0 radical (unpaired) electrons. The number of hydrogen-bond donors (Lipinski definition) is 0. The number of para-hydroxylation sites is 6. The van der Waals surface area contributed by atoms with Gasteiger partial charge in [0.1, 0.15) is 0 Å². The molecule has 0 atom stereocenters. The number of anilines is 6. The standard InChI is InChI=1S/C79H51BN8/c1-6-24-53(25-7-1)66-51-67(54-44-42-52(43-45-54)60-47-49-73-74-75(60)87(59-32-14-5-15-33-59)72-41-23-19-37-65(72)80(74)64-36-18-22-40-71(64)86(73)58-30-12-4-13-31-58)82-79(81-66)63-50-57(46-48-70(63)88-68-38-20-16-34-61(68)62-35-17-21-39-69(62)88)78-84-76(55-26-8-2-9-27-55)83-77(85-78)56-28-10-3-11-29-56/h1-51H. The van der Waals surface area contributed by atoms with Crippen LogP contribution in [0.25, 0.3) is 107 Å². The molecule has 88 heavy (non-hydrogen) atoms. The fraction of sp³-hybridized carbons (Fsp3) is 0. The average molecular weight is 1120 g/mol. The third kappa shape index (κ3) is 8.50. The lowest BCUT2D eigenvalue weighted by atomic mass is 9.33. The second-order valence-corrected chi connectivity index (χ2v) is 22.3. The van der Waals surface area contributed by atoms with E-state index in [4.69, 9.17) is 24.9 Å². The Morgan fingerprint density at radius 3 is 1.25 bits per heavy atom. The van der Waals surface area contributed by atoms with Crippen LogP contribution in [0.4, 0.5) is 34.1 Å². The molecule has 0 amide bonds. The fourth-order valence-corrected chi connectivity index (χ4v) is 13.3. The molecule has 0 unspecified atom stereocenters. The maximum absolute atomic E-state index is 5.65. The number of nitrogens with zero attached hydrogens (tertiary/aromatic N) is 8. The number of fused-ring (bicyclic) bond motifs is 7. The summed E-state index contributed by atoms with van der Waals surface area (Å²) in [6, 6.07) is 110. The Kier molecular flexibility index (Phi) is 12.1. The summed E-state index contributed by atoms with van der Waals surface area (Å²) < 4.78 is 2.35. The second kappa shape index (κ2) is 21.1. The first-order valence-corrected chi connectivity index (χ1v) is 29.8. The smallest absolute Gasteiger partial charge is 0.252 e. The SMILES string of the molecule is c1ccc(-c2cc(-c3ccc(-c4ccc5c6c4N(c4ccccc4)c4ccccc4B6c4ccccc4N5c4ccccc4)cc3)nc(-c3cc(-c4nc(-c5ccccc5)nc(-c5ccccc5)n4)ccc3-n3c4ccccc4c4ccccc43)n2)cc1. The van der Waals surface area contributed by atoms with Gasteiger partial charge in [0, 0.05) is 78.2 Å². The summed E-state index contributed by atoms with van der Waals surface area (Å²) >= 11 is 0. The van der Waals surface area contributed by atoms with E-state index in [2.05, 4.69) is 257 Å². The van der Waals surface area contributed by atoms with Gasteiger partial charge in [-0.1, -0.05) is 231 Å². The van der Waals surface area contributed by atoms with Crippen LogP contribution in [-0.4, -0.2) is 36.2 Å². The first-order valence-electron chi connectivity index (χ1n) is 29.8. The Labute approximate surface area is 509 Å². The molecule has 17 rings (SSSR count). The largest absolute Gasteiger partial charge is 0.311 e. The normalized spacial score (nSPS) is 12.2. The molecule has 0 N–H and O–H groups in total. The maximum Gasteiger partial charge on any atom is 0.252 e. The molecule has 0 saturated carbocycles. The minimum absolute atomic E-state index is 0.0137. The number of aromatic nitrogens is 6. The van der Waals surface area contributed by atoms with Crippen LogP contribution in [0.5, 0.6) is 0 Å². The van der Waals surface area contributed by atoms with E-state index in [0.29, 0.717) is 23.3 Å². The second-order valence-electron chi connectivity index (χ2n) is 22.3. The molecule has 0 saturated heterocycles. The zero-order chi connectivity index (χ0) is 58.1. The molecular formula is C79H51BN8. The summed E-state index contributed by atoms with van der Waals surface area (Å²) in [5.41, 5.74) is 22.9. The van der Waals surface area contributed by atoms with E-state index in [-0.39, 0.29) is 6.71 Å². The molecule has 9 heteroatoms. The van der Waals surface area contributed by atoms with Gasteiger partial charge in [-0.15, -0.1) is 0 Å². The van der Waals surface area contributed by atoms with Gasteiger partial charge in [0.15, 0.2) is 23.3 Å². The fourth-order valence-electron chi connectivity index (χ4n) is 13.3. The summed E-state index contributed by atoms with van der Waals surface area (Å²) in [4.78, 5) is 31.6. The van der Waals surface area contributed by atoms with Crippen molar-refractivity contribution in [3.05, 3.63) is 309 Å². The Morgan fingerprint density at radius 2 is 0.682 bits per heavy atom. The van der Waals surface area contributed by atoms with Crippen LogP contribution in [0.3, 0.4) is 0 Å². The van der Waals surface area contributed by atoms with Gasteiger partial charge in [-0.05, 0) is 101 Å². The lowest BCUT2D eigenvalue weighted by Crippen LogP contribution is -2.61. The van der Waals surface area contributed by atoms with Crippen molar-refractivity contribution in [2.45, 2.75) is 0 Å². The molecule has 0 bridgehead atoms. The van der Waals surface area contributed by atoms with Crippen LogP contribution in [-0.2, 0) is 0 Å². The molecule has 8 nitrogen and oxygen atoms in total. The molecule has 410 valence electrons. The van der Waals surface area contributed by atoms with Crippen molar-refractivity contribution < 1.29 is 0 Å². The van der Waals surface area contributed by atoms with Crippen molar-refractivity contribution in [1.29, 1.82) is 0 Å². The highest BCUT2D eigenvalue weighted by Crippen LogP contribution is 2.48. The van der Waals surface area contributed by atoms with Gasteiger partial charge in [-0.3, -0.25) is 0 Å². The number of hydrogen-bond acceptors (Lipinski definition) is 7. The molecule has 2 aliphatic rings. The van der Waals surface area contributed by atoms with Crippen LogP contribution < -0.4 is 26.2 Å². The van der Waals surface area contributed by atoms with E-state index >= 15 is 0 Å². The maximum atomic E-state index is 5.65. The third-order valence-electron chi connectivity index (χ3n) is 17.3. The average Bonchev–Trinajstić information content (AvgIpc) is 1.32. The van der Waals surface area contributed by atoms with E-state index in [1.54, 1.807) is 0 Å². The predicted octanol–water partition coefficient (Wildman–Crippen LogP) is 17.5. The van der Waals surface area contributed by atoms with E-state index in [9.17, 15) is 0 Å². The summed E-state index contributed by atoms with van der Waals surface area (Å²) in [7, 11) is 0. The minimum Gasteiger partial charge on any atom is -0.311 e. The van der Waals surface area contributed by atoms with Crippen molar-refractivity contribution >= 4 is 79.0 Å². The van der Waals surface area contributed by atoms with Crippen molar-refractivity contribution in [3.63, 3.8) is 0 Å². The highest BCUT2D eigenvalue weighted by Gasteiger charge is 2.44. The summed E-state index contributed by atoms with van der Waals surface area (Å²) in [5, 5.41) is 2.31. The first kappa shape index (κ1) is 50.7. The van der Waals surface area contributed by atoms with Crippen LogP contribution >= 0.6 is 0 Å². The van der Waals surface area contributed by atoms with Crippen molar-refractivity contribution in [2.24, 2.45) is 0 Å². The van der Waals surface area contributed by atoms with E-state index < -0.39 is 0 Å². The molecule has 15 aromatic rings. The van der Waals surface area contributed by atoms with Gasteiger partial charge >= 0.3 is 0 Å². The summed E-state index contributed by atoms with van der Waals surface area (Å²) in [5.74, 6) is 2.27. The van der Waals surface area contributed by atoms with Gasteiger partial charge in [-0.25, -0.2) is 24.9 Å². The molecule has 2 aliphatic heterocycles. The van der Waals surface area contributed by atoms with E-state index in [1.807, 2.05) is 66.7 Å². The first-order chi connectivity index (χ1) is 43.7. The molecule has 0 fully saturated rings. The Morgan fingerprint density at radius 1 is 0.261 bits per heavy atom. The van der Waals surface area contributed by atoms with Crippen molar-refractivity contribution in [3.8, 4) is 84.9 Å². The molecule has 0 aliphatic carbocycles. The van der Waals surface area contributed by atoms with Gasteiger partial charge in [0.05, 0.1) is 33.8 Å². The molecule has 3 aromatic heterocycles. The summed E-state index contributed by atoms with van der Waals surface area (Å²) in [6.07, 6.45) is 0. The lowest BCUT2D eigenvalue weighted by molar-refractivity contribution is 1.07. The van der Waals surface area contributed by atoms with Gasteiger partial charge in [0.25, 0.3) is 6.71 Å². The highest BCUT2D eigenvalue weighted by atomic mass is 15.2. The Balaban J connectivity index is 0.867. The number of rotatable bonds is 10. The molecule has 5 heterocycles. The molecule has 12 aromatic carbocycles. The highest BCUT2D eigenvalue weighted by molar-refractivity contribution is 7.00. The Bertz CT molecular complexity index is 5030. The predicted molar refractivity (Wildman–Crippen MR) is 362 cm³/mol. The van der Waals surface area contributed by atoms with Gasteiger partial charge in [0.2, 0.25) is 0 Å². The van der Waals surface area contributed by atoms with Crippen LogP contribution in [0, 0.1) is 0 Å². The molecular weight excluding hydrogens is 1070 g/mol. The third-order valence-corrected chi connectivity index (χ3v) is 17.3. The van der Waals surface area contributed by atoms with Crippen LogP contribution in [0.1, 0.15) is 0 Å². The van der Waals surface area contributed by atoms with E-state index in [0.717, 1.165) is 106 Å². The van der Waals surface area contributed by atoms with Crippen LogP contribution in [0.15, 0.2) is 309 Å². The topological polar surface area (TPSA) is 75.9 Å². The monoisotopic (exact) mass is 1120 g/mol. The lowest BCUT2D eigenvalue weighted by Gasteiger charge is -2.45. The van der Waals surface area contributed by atoms with Gasteiger partial charge < -0.3 is 14.4 Å². The quantitative estimate of drug-likeness (QED) is 0.126. The van der Waals surface area contributed by atoms with E-state index in [1.165, 1.54) is 27.8 Å². The minimum atomic E-state index is -0.0137. The summed E-state index contributed by atoms with van der Waals surface area (Å²) in [6.45, 7) is -0.0137. The zero-order valence-electron chi connectivity index (χ0n) is 47.6.